The third-order valence-corrected chi connectivity index (χ3v) is 5.18. The molecule has 1 fully saturated rings. The molecule has 10 heteroatoms. The number of aromatic nitrogens is 6. The van der Waals surface area contributed by atoms with Crippen molar-refractivity contribution < 1.29 is 9.13 Å². The van der Waals surface area contributed by atoms with Crippen LogP contribution in [0.4, 0.5) is 10.2 Å². The second kappa shape index (κ2) is 7.71. The molecule has 0 aliphatic carbocycles. The van der Waals surface area contributed by atoms with E-state index in [1.54, 1.807) is 12.1 Å². The second-order valence-electron chi connectivity index (χ2n) is 7.48. The largest absolute Gasteiger partial charge is 0.489 e. The number of hydrogen-bond donors (Lipinski definition) is 3. The third kappa shape index (κ3) is 3.94. The number of aromatic amines is 1. The zero-order chi connectivity index (χ0) is 20.5. The molecule has 4 aromatic rings. The Balaban J connectivity index is 1.20. The Morgan fingerprint density at radius 3 is 2.97 bits per heavy atom. The number of ether oxygens (including phenoxy) is 1. The van der Waals surface area contributed by atoms with E-state index in [0.717, 1.165) is 36.2 Å². The molecule has 0 radical (unpaired) electrons. The van der Waals surface area contributed by atoms with E-state index < -0.39 is 0 Å². The van der Waals surface area contributed by atoms with Crippen molar-refractivity contribution in [3.8, 4) is 5.75 Å². The standard InChI is InChI=1S/C20H21FN8O/c21-14-1-3-16(4-2-14)30-17-7-15(23-9-17)11-29-10-12(8-24-29)5-13-6-18(22)25-20-19(13)26-28-27-20/h1-4,6,8,10,15,17,23H,5,7,9,11H2,(H3,22,25,26,27,28)/t15-,17+/m1/s1. The maximum Gasteiger partial charge on any atom is 0.203 e. The Morgan fingerprint density at radius 1 is 1.23 bits per heavy atom. The summed E-state index contributed by atoms with van der Waals surface area (Å²) in [5, 5.41) is 18.7. The Bertz CT molecular complexity index is 1160. The fraction of sp³-hybridized carbons (Fsp3) is 0.300. The molecule has 0 saturated carbocycles. The van der Waals surface area contributed by atoms with Crippen LogP contribution in [0.2, 0.25) is 0 Å². The first-order valence-electron chi connectivity index (χ1n) is 9.75. The number of hydrogen-bond acceptors (Lipinski definition) is 7. The van der Waals surface area contributed by atoms with Gasteiger partial charge in [0.1, 0.15) is 29.0 Å². The Morgan fingerprint density at radius 2 is 2.10 bits per heavy atom. The van der Waals surface area contributed by atoms with Crippen LogP contribution >= 0.6 is 0 Å². The predicted octanol–water partition coefficient (Wildman–Crippen LogP) is 1.67. The lowest BCUT2D eigenvalue weighted by Gasteiger charge is -2.13. The number of fused-ring (bicyclic) bond motifs is 1. The fourth-order valence-corrected chi connectivity index (χ4v) is 3.81. The minimum absolute atomic E-state index is 0.0516. The lowest BCUT2D eigenvalue weighted by atomic mass is 10.1. The molecule has 4 heterocycles. The molecule has 4 N–H and O–H groups in total. The van der Waals surface area contributed by atoms with E-state index in [-0.39, 0.29) is 18.0 Å². The SMILES string of the molecule is Nc1cc(Cc2cnn(C[C@H]3C[C@H](Oc4ccc(F)cc4)CN3)c2)c2n[nH]nc2n1. The van der Waals surface area contributed by atoms with Gasteiger partial charge in [0.25, 0.3) is 0 Å². The van der Waals surface area contributed by atoms with Crippen molar-refractivity contribution in [3.63, 3.8) is 0 Å². The third-order valence-electron chi connectivity index (χ3n) is 5.18. The summed E-state index contributed by atoms with van der Waals surface area (Å²) in [6.45, 7) is 1.48. The van der Waals surface area contributed by atoms with Crippen LogP contribution in [-0.4, -0.2) is 48.9 Å². The second-order valence-corrected chi connectivity index (χ2v) is 7.48. The molecule has 0 unspecified atom stereocenters. The topological polar surface area (TPSA) is 120 Å². The molecule has 154 valence electrons. The average Bonchev–Trinajstić information content (AvgIpc) is 3.46. The first-order chi connectivity index (χ1) is 14.6. The molecule has 2 atom stereocenters. The van der Waals surface area contributed by atoms with Crippen LogP contribution in [0.15, 0.2) is 42.7 Å². The molecule has 3 aromatic heterocycles. The molecule has 1 aliphatic heterocycles. The Labute approximate surface area is 171 Å². The molecule has 0 bridgehead atoms. The van der Waals surface area contributed by atoms with Gasteiger partial charge in [-0.25, -0.2) is 9.37 Å². The number of nitrogens with two attached hydrogens (primary N) is 1. The van der Waals surface area contributed by atoms with E-state index in [0.29, 0.717) is 23.6 Å². The Hall–Kier alpha value is -3.53. The molecule has 5 rings (SSSR count). The highest BCUT2D eigenvalue weighted by atomic mass is 19.1. The number of anilines is 1. The number of nitrogens with zero attached hydrogens (tertiary/aromatic N) is 5. The van der Waals surface area contributed by atoms with Gasteiger partial charge in [-0.2, -0.15) is 15.4 Å². The number of H-pyrrole nitrogens is 1. The smallest absolute Gasteiger partial charge is 0.203 e. The highest BCUT2D eigenvalue weighted by Gasteiger charge is 2.26. The summed E-state index contributed by atoms with van der Waals surface area (Å²) < 4.78 is 20.9. The molecular formula is C20H21FN8O. The van der Waals surface area contributed by atoms with Crippen LogP contribution in [-0.2, 0) is 13.0 Å². The summed E-state index contributed by atoms with van der Waals surface area (Å²) >= 11 is 0. The van der Waals surface area contributed by atoms with Gasteiger partial charge in [-0.1, -0.05) is 0 Å². The lowest BCUT2D eigenvalue weighted by molar-refractivity contribution is 0.218. The van der Waals surface area contributed by atoms with E-state index in [2.05, 4.69) is 30.8 Å². The molecule has 0 spiro atoms. The zero-order valence-electron chi connectivity index (χ0n) is 16.1. The number of halogens is 1. The summed E-state index contributed by atoms with van der Waals surface area (Å²) in [5.74, 6) is 0.833. The van der Waals surface area contributed by atoms with Crippen LogP contribution in [0.5, 0.6) is 5.75 Å². The maximum atomic E-state index is 13.0. The summed E-state index contributed by atoms with van der Waals surface area (Å²) in [6, 6.07) is 8.19. The van der Waals surface area contributed by atoms with Crippen molar-refractivity contribution in [2.24, 2.45) is 0 Å². The number of nitrogens with one attached hydrogen (secondary N) is 2. The van der Waals surface area contributed by atoms with Gasteiger partial charge in [-0.05, 0) is 41.5 Å². The molecule has 0 amide bonds. The van der Waals surface area contributed by atoms with Gasteiger partial charge < -0.3 is 15.8 Å². The zero-order valence-corrected chi connectivity index (χ0v) is 16.1. The fourth-order valence-electron chi connectivity index (χ4n) is 3.81. The van der Waals surface area contributed by atoms with Crippen LogP contribution in [0.3, 0.4) is 0 Å². The summed E-state index contributed by atoms with van der Waals surface area (Å²) in [4.78, 5) is 4.17. The van der Waals surface area contributed by atoms with Gasteiger partial charge in [0.2, 0.25) is 5.65 Å². The van der Waals surface area contributed by atoms with E-state index in [4.69, 9.17) is 10.5 Å². The predicted molar refractivity (Wildman–Crippen MR) is 108 cm³/mol. The first-order valence-corrected chi connectivity index (χ1v) is 9.75. The van der Waals surface area contributed by atoms with Crippen molar-refractivity contribution in [2.45, 2.75) is 31.5 Å². The quantitative estimate of drug-likeness (QED) is 0.444. The van der Waals surface area contributed by atoms with Gasteiger partial charge in [0.05, 0.1) is 12.7 Å². The van der Waals surface area contributed by atoms with Gasteiger partial charge in [-0.3, -0.25) is 4.68 Å². The number of rotatable bonds is 6. The van der Waals surface area contributed by atoms with Gasteiger partial charge in [-0.15, -0.1) is 5.10 Å². The first kappa shape index (κ1) is 18.5. The monoisotopic (exact) mass is 408 g/mol. The number of pyridine rings is 1. The highest BCUT2D eigenvalue weighted by molar-refractivity contribution is 5.76. The average molecular weight is 408 g/mol. The lowest BCUT2D eigenvalue weighted by Crippen LogP contribution is -2.27. The summed E-state index contributed by atoms with van der Waals surface area (Å²) in [5.41, 5.74) is 9.12. The van der Waals surface area contributed by atoms with E-state index in [9.17, 15) is 4.39 Å². The maximum absolute atomic E-state index is 13.0. The summed E-state index contributed by atoms with van der Waals surface area (Å²) in [6.07, 6.45) is 5.43. The van der Waals surface area contributed by atoms with Crippen molar-refractivity contribution in [2.75, 3.05) is 12.3 Å². The summed E-state index contributed by atoms with van der Waals surface area (Å²) in [7, 11) is 0. The van der Waals surface area contributed by atoms with Crippen LogP contribution in [0.1, 0.15) is 17.5 Å². The van der Waals surface area contributed by atoms with E-state index >= 15 is 0 Å². The van der Waals surface area contributed by atoms with Gasteiger partial charge in [0.15, 0.2) is 0 Å². The van der Waals surface area contributed by atoms with E-state index in [1.165, 1.54) is 12.1 Å². The van der Waals surface area contributed by atoms with Crippen molar-refractivity contribution >= 4 is 17.0 Å². The van der Waals surface area contributed by atoms with Crippen molar-refractivity contribution in [3.05, 3.63) is 59.7 Å². The van der Waals surface area contributed by atoms with Crippen molar-refractivity contribution in [1.29, 1.82) is 0 Å². The minimum atomic E-state index is -0.266. The highest BCUT2D eigenvalue weighted by Crippen LogP contribution is 2.20. The number of nitrogen functional groups attached to an aromatic ring is 1. The van der Waals surface area contributed by atoms with Gasteiger partial charge in [0, 0.05) is 31.6 Å². The van der Waals surface area contributed by atoms with Crippen LogP contribution < -0.4 is 15.8 Å². The van der Waals surface area contributed by atoms with Crippen LogP contribution in [0, 0.1) is 5.82 Å². The Kier molecular flexibility index (Phi) is 4.75. The molecular weight excluding hydrogens is 387 g/mol. The molecule has 9 nitrogen and oxygen atoms in total. The molecule has 1 aliphatic rings. The molecule has 1 saturated heterocycles. The molecule has 30 heavy (non-hydrogen) atoms. The normalized spacial score (nSPS) is 18.8. The van der Waals surface area contributed by atoms with Crippen LogP contribution in [0.25, 0.3) is 11.2 Å². The van der Waals surface area contributed by atoms with E-state index in [1.807, 2.05) is 23.1 Å². The number of benzene rings is 1. The minimum Gasteiger partial charge on any atom is -0.489 e. The molecule has 1 aromatic carbocycles. The van der Waals surface area contributed by atoms with Gasteiger partial charge >= 0.3 is 0 Å². The van der Waals surface area contributed by atoms with Crippen molar-refractivity contribution in [1.82, 2.24) is 35.5 Å².